The van der Waals surface area contributed by atoms with Crippen LogP contribution in [0.25, 0.3) is 0 Å². The van der Waals surface area contributed by atoms with Crippen molar-refractivity contribution in [3.8, 4) is 0 Å². The van der Waals surface area contributed by atoms with Gasteiger partial charge in [-0.15, -0.1) is 0 Å². The number of nitrogens with zero attached hydrogens (tertiary/aromatic N) is 3. The fraction of sp³-hybridized carbons (Fsp3) is 0.481. The molecule has 0 spiro atoms. The van der Waals surface area contributed by atoms with Crippen LogP contribution in [-0.2, 0) is 24.3 Å². The average molecular weight is 544 g/mol. The molecular weight excluding hydrogens is 506 g/mol. The first-order valence-corrected chi connectivity index (χ1v) is 14.5. The molecule has 2 fully saturated rings. The molecule has 11 heteroatoms. The van der Waals surface area contributed by atoms with Gasteiger partial charge in [0.2, 0.25) is 21.8 Å². The minimum atomic E-state index is -3.74. The van der Waals surface area contributed by atoms with Crippen LogP contribution in [0.2, 0.25) is 0 Å². The molecule has 1 atom stereocenters. The largest absolute Gasteiger partial charge is 0.379 e. The zero-order valence-electron chi connectivity index (χ0n) is 22.1. The number of piperazine rings is 1. The minimum Gasteiger partial charge on any atom is -0.379 e. The number of sulfonamides is 1. The highest BCUT2D eigenvalue weighted by Gasteiger charge is 2.29. The lowest BCUT2D eigenvalue weighted by Crippen LogP contribution is -2.46. The van der Waals surface area contributed by atoms with E-state index in [9.17, 15) is 18.0 Å². The minimum absolute atomic E-state index is 0.00703. The third-order valence-electron chi connectivity index (χ3n) is 6.98. The van der Waals surface area contributed by atoms with Gasteiger partial charge >= 0.3 is 0 Å². The Hall–Kier alpha value is -2.99. The molecule has 2 aliphatic rings. The molecule has 2 aliphatic heterocycles. The summed E-state index contributed by atoms with van der Waals surface area (Å²) in [5, 5.41) is 5.82. The summed E-state index contributed by atoms with van der Waals surface area (Å²) in [7, 11) is -3.74. The van der Waals surface area contributed by atoms with Crippen LogP contribution in [0.5, 0.6) is 0 Å². The third kappa shape index (κ3) is 6.90. The van der Waals surface area contributed by atoms with Gasteiger partial charge in [-0.25, -0.2) is 8.42 Å². The maximum Gasteiger partial charge on any atom is 0.243 e. The lowest BCUT2D eigenvalue weighted by molar-refractivity contribution is -0.120. The lowest BCUT2D eigenvalue weighted by atomic mass is 10.0. The van der Waals surface area contributed by atoms with E-state index in [1.807, 2.05) is 30.3 Å². The van der Waals surface area contributed by atoms with Crippen LogP contribution in [0, 0.1) is 0 Å². The topological polar surface area (TPSA) is 111 Å². The molecule has 2 aromatic carbocycles. The number of ether oxygens (including phenoxy) is 1. The molecule has 4 rings (SSSR count). The first-order chi connectivity index (χ1) is 18.3. The number of carbonyl (C=O) groups excluding carboxylic acids is 2. The van der Waals surface area contributed by atoms with Crippen molar-refractivity contribution in [2.24, 2.45) is 0 Å². The molecule has 38 heavy (non-hydrogen) atoms. The Morgan fingerprint density at radius 3 is 2.29 bits per heavy atom. The Morgan fingerprint density at radius 1 is 0.974 bits per heavy atom. The predicted molar refractivity (Wildman–Crippen MR) is 147 cm³/mol. The van der Waals surface area contributed by atoms with Gasteiger partial charge in [-0.2, -0.15) is 4.31 Å². The van der Waals surface area contributed by atoms with Crippen LogP contribution in [0.4, 0.5) is 11.4 Å². The summed E-state index contributed by atoms with van der Waals surface area (Å²) in [4.78, 5) is 29.8. The van der Waals surface area contributed by atoms with Crippen LogP contribution in [0.1, 0.15) is 31.9 Å². The van der Waals surface area contributed by atoms with Crippen molar-refractivity contribution in [2.45, 2.75) is 31.2 Å². The van der Waals surface area contributed by atoms with Crippen LogP contribution >= 0.6 is 0 Å². The van der Waals surface area contributed by atoms with Crippen molar-refractivity contribution in [2.75, 3.05) is 69.2 Å². The van der Waals surface area contributed by atoms with E-state index in [-0.39, 0.29) is 23.1 Å². The van der Waals surface area contributed by atoms with Crippen LogP contribution in [0.15, 0.2) is 53.4 Å². The number of hydrogen-bond donors (Lipinski definition) is 2. The second-order valence-electron chi connectivity index (χ2n) is 9.53. The maximum absolute atomic E-state index is 13.4. The van der Waals surface area contributed by atoms with Gasteiger partial charge in [-0.3, -0.25) is 9.59 Å². The third-order valence-corrected chi connectivity index (χ3v) is 8.87. The van der Waals surface area contributed by atoms with Crippen molar-refractivity contribution in [1.29, 1.82) is 0 Å². The van der Waals surface area contributed by atoms with E-state index in [0.29, 0.717) is 32.0 Å². The first kappa shape index (κ1) is 28.0. The van der Waals surface area contributed by atoms with Gasteiger partial charge in [-0.1, -0.05) is 37.3 Å². The highest BCUT2D eigenvalue weighted by molar-refractivity contribution is 7.89. The van der Waals surface area contributed by atoms with E-state index in [1.165, 1.54) is 11.2 Å². The highest BCUT2D eigenvalue weighted by atomic mass is 32.2. The van der Waals surface area contributed by atoms with E-state index < -0.39 is 16.1 Å². The molecule has 0 radical (unpaired) electrons. The summed E-state index contributed by atoms with van der Waals surface area (Å²) in [6.07, 6.45) is 0.00703. The molecule has 0 bridgehead atoms. The monoisotopic (exact) mass is 543 g/mol. The molecule has 0 unspecified atom stereocenters. The molecule has 10 nitrogen and oxygen atoms in total. The number of likely N-dealkylation sites (N-methyl/N-ethyl adjacent to an activating group) is 1. The van der Waals surface area contributed by atoms with E-state index in [2.05, 4.69) is 27.4 Å². The number of amides is 2. The van der Waals surface area contributed by atoms with Gasteiger partial charge < -0.3 is 25.2 Å². The molecule has 2 saturated heterocycles. The predicted octanol–water partition coefficient (Wildman–Crippen LogP) is 2.06. The molecule has 2 heterocycles. The van der Waals surface area contributed by atoms with Crippen molar-refractivity contribution in [3.05, 3.63) is 54.1 Å². The number of nitrogens with one attached hydrogen (secondary N) is 2. The van der Waals surface area contributed by atoms with Crippen LogP contribution in [-0.4, -0.2) is 88.5 Å². The number of hydrogen-bond acceptors (Lipinski definition) is 7. The van der Waals surface area contributed by atoms with E-state index >= 15 is 0 Å². The molecule has 2 amide bonds. The fourth-order valence-electron chi connectivity index (χ4n) is 4.86. The highest BCUT2D eigenvalue weighted by Crippen LogP contribution is 2.32. The van der Waals surface area contributed by atoms with E-state index in [0.717, 1.165) is 44.0 Å². The zero-order valence-corrected chi connectivity index (χ0v) is 22.9. The van der Waals surface area contributed by atoms with Crippen molar-refractivity contribution in [1.82, 2.24) is 14.5 Å². The van der Waals surface area contributed by atoms with Crippen molar-refractivity contribution >= 4 is 33.2 Å². The Bertz CT molecular complexity index is 1210. The van der Waals surface area contributed by atoms with Gasteiger partial charge in [0, 0.05) is 46.2 Å². The second kappa shape index (κ2) is 12.7. The summed E-state index contributed by atoms with van der Waals surface area (Å²) in [6, 6.07) is 13.8. The fourth-order valence-corrected chi connectivity index (χ4v) is 6.30. The van der Waals surface area contributed by atoms with Gasteiger partial charge in [0.05, 0.1) is 41.9 Å². The number of rotatable bonds is 9. The molecular formula is C27H37N5O5S. The van der Waals surface area contributed by atoms with Gasteiger partial charge in [0.15, 0.2) is 0 Å². The summed E-state index contributed by atoms with van der Waals surface area (Å²) in [5.74, 6) is -0.554. The maximum atomic E-state index is 13.4. The normalized spacial score (nSPS) is 18.1. The molecule has 2 aromatic rings. The number of morpholine rings is 1. The zero-order chi connectivity index (χ0) is 27.1. The van der Waals surface area contributed by atoms with Crippen molar-refractivity contribution in [3.63, 3.8) is 0 Å². The Balaban J connectivity index is 1.61. The standard InChI is InChI=1S/C27H37N5O5S/c1-3-30-11-13-31(14-12-30)26-10-9-23(38(35,36)32-15-17-37-18-16-32)19-25(26)29-27(34)20-24(28-21(2)33)22-7-5-4-6-8-22/h4-10,19,24H,3,11-18,20H2,1-2H3,(H,28,33)(H,29,34)/t24-/m0/s1. The summed E-state index contributed by atoms with van der Waals surface area (Å²) in [5.41, 5.74) is 2.05. The smallest absolute Gasteiger partial charge is 0.243 e. The Labute approximate surface area is 225 Å². The summed E-state index contributed by atoms with van der Waals surface area (Å²) >= 11 is 0. The molecule has 0 saturated carbocycles. The molecule has 2 N–H and O–H groups in total. The second-order valence-corrected chi connectivity index (χ2v) is 11.5. The molecule has 206 valence electrons. The van der Waals surface area contributed by atoms with Crippen molar-refractivity contribution < 1.29 is 22.7 Å². The molecule has 0 aliphatic carbocycles. The quantitative estimate of drug-likeness (QED) is 0.498. The summed E-state index contributed by atoms with van der Waals surface area (Å²) in [6.45, 7) is 9.12. The average Bonchev–Trinajstić information content (AvgIpc) is 2.93. The van der Waals surface area contributed by atoms with Gasteiger partial charge in [0.25, 0.3) is 0 Å². The number of carbonyl (C=O) groups is 2. The van der Waals surface area contributed by atoms with E-state index in [1.54, 1.807) is 18.2 Å². The van der Waals surface area contributed by atoms with Gasteiger partial charge in [0.1, 0.15) is 0 Å². The Morgan fingerprint density at radius 2 is 1.66 bits per heavy atom. The Kier molecular flexibility index (Phi) is 9.37. The van der Waals surface area contributed by atoms with Crippen LogP contribution in [0.3, 0.4) is 0 Å². The summed E-state index contributed by atoms with van der Waals surface area (Å²) < 4.78 is 33.5. The number of anilines is 2. The van der Waals surface area contributed by atoms with Gasteiger partial charge in [-0.05, 0) is 30.3 Å². The number of benzene rings is 2. The SMILES string of the molecule is CCN1CCN(c2ccc(S(=O)(=O)N3CCOCC3)cc2NC(=O)C[C@H](NC(C)=O)c2ccccc2)CC1. The van der Waals surface area contributed by atoms with E-state index in [4.69, 9.17) is 4.74 Å². The lowest BCUT2D eigenvalue weighted by Gasteiger charge is -2.36. The first-order valence-electron chi connectivity index (χ1n) is 13.1. The molecule has 0 aromatic heterocycles. The van der Waals surface area contributed by atoms with Crippen LogP contribution < -0.4 is 15.5 Å².